The van der Waals surface area contributed by atoms with Gasteiger partial charge in [-0.25, -0.2) is 9.79 Å². The molecule has 2 aliphatic rings. The maximum atomic E-state index is 12.7. The Morgan fingerprint density at radius 1 is 1.15 bits per heavy atom. The van der Waals surface area contributed by atoms with Gasteiger partial charge in [0.1, 0.15) is 5.75 Å². The molecule has 7 nitrogen and oxygen atoms in total. The van der Waals surface area contributed by atoms with Crippen LogP contribution in [0.15, 0.2) is 70.3 Å². The number of amidine groups is 1. The monoisotopic (exact) mass is 517 g/mol. The van der Waals surface area contributed by atoms with Crippen LogP contribution in [-0.4, -0.2) is 35.2 Å². The number of carbonyl (C=O) groups is 2. The highest BCUT2D eigenvalue weighted by atomic mass is 35.5. The van der Waals surface area contributed by atoms with Crippen molar-refractivity contribution in [2.75, 3.05) is 18.5 Å². The first kappa shape index (κ1) is 24.2. The lowest BCUT2D eigenvalue weighted by Gasteiger charge is -2.33. The number of ether oxygens (including phenoxy) is 2. The molecule has 0 bridgehead atoms. The zero-order valence-corrected chi connectivity index (χ0v) is 20.7. The van der Waals surface area contributed by atoms with Gasteiger partial charge in [-0.1, -0.05) is 47.1 Å². The maximum absolute atomic E-state index is 12.7. The second-order valence-electron chi connectivity index (χ2n) is 7.36. The van der Waals surface area contributed by atoms with E-state index in [4.69, 9.17) is 32.7 Å². The minimum absolute atomic E-state index is 0.182. The summed E-state index contributed by atoms with van der Waals surface area (Å²) in [5, 5.41) is 6.20. The van der Waals surface area contributed by atoms with Gasteiger partial charge in [0.25, 0.3) is 5.91 Å². The summed E-state index contributed by atoms with van der Waals surface area (Å²) in [7, 11) is 0. The standard InChI is InChI=1S/C24H21Cl2N3O4S/c1-3-32-23(31)21-14(2)27-24-29(10-11-34-24)22(21)15-4-7-17(8-5-15)33-13-20(30)28-16-6-9-18(25)19(26)12-16/h4-12,22H,3,13H2,1-2H3,(H,28,30)/t22-/m1/s1. The summed E-state index contributed by atoms with van der Waals surface area (Å²) in [6.45, 7) is 3.68. The molecular weight excluding hydrogens is 497 g/mol. The molecule has 0 unspecified atom stereocenters. The van der Waals surface area contributed by atoms with E-state index < -0.39 is 5.97 Å². The van der Waals surface area contributed by atoms with Crippen LogP contribution >= 0.6 is 35.0 Å². The molecule has 10 heteroatoms. The highest BCUT2D eigenvalue weighted by molar-refractivity contribution is 8.16. The van der Waals surface area contributed by atoms with Gasteiger partial charge < -0.3 is 19.7 Å². The van der Waals surface area contributed by atoms with Crippen molar-refractivity contribution in [1.29, 1.82) is 0 Å². The second kappa shape index (κ2) is 10.5. The third kappa shape index (κ3) is 5.24. The van der Waals surface area contributed by atoms with Crippen molar-refractivity contribution >= 4 is 57.7 Å². The van der Waals surface area contributed by atoms with E-state index in [1.165, 1.54) is 11.8 Å². The van der Waals surface area contributed by atoms with Crippen LogP contribution in [0.1, 0.15) is 25.5 Å². The number of fused-ring (bicyclic) bond motifs is 1. The third-order valence-electron chi connectivity index (χ3n) is 5.09. The number of hydrogen-bond acceptors (Lipinski definition) is 7. The maximum Gasteiger partial charge on any atom is 0.338 e. The SMILES string of the molecule is CCOC(=O)C1=C(C)N=C2SC=CN2[C@@H]1c1ccc(OCC(=O)Nc2ccc(Cl)c(Cl)c2)cc1. The third-order valence-corrected chi connectivity index (χ3v) is 6.59. The van der Waals surface area contributed by atoms with Gasteiger partial charge in [0.15, 0.2) is 11.8 Å². The van der Waals surface area contributed by atoms with E-state index in [1.807, 2.05) is 35.6 Å². The summed E-state index contributed by atoms with van der Waals surface area (Å²) < 4.78 is 10.9. The molecule has 1 N–H and O–H groups in total. The number of halogens is 2. The molecule has 4 rings (SSSR count). The Morgan fingerprint density at radius 3 is 2.62 bits per heavy atom. The summed E-state index contributed by atoms with van der Waals surface area (Å²) in [5.74, 6) is -0.210. The number of carbonyl (C=O) groups excluding carboxylic acids is 2. The Balaban J connectivity index is 1.46. The van der Waals surface area contributed by atoms with Crippen molar-refractivity contribution in [2.24, 2.45) is 4.99 Å². The van der Waals surface area contributed by atoms with Gasteiger partial charge in [0.2, 0.25) is 0 Å². The first-order chi connectivity index (χ1) is 16.4. The molecule has 1 atom stereocenters. The molecule has 34 heavy (non-hydrogen) atoms. The Kier molecular flexibility index (Phi) is 7.50. The van der Waals surface area contributed by atoms with Crippen LogP contribution in [0.2, 0.25) is 10.0 Å². The molecule has 2 aromatic carbocycles. The fraction of sp³-hybridized carbons (Fsp3) is 0.208. The summed E-state index contributed by atoms with van der Waals surface area (Å²) in [6.07, 6.45) is 1.90. The smallest absolute Gasteiger partial charge is 0.338 e. The fourth-order valence-corrected chi connectivity index (χ4v) is 4.65. The first-order valence-electron chi connectivity index (χ1n) is 10.4. The van der Waals surface area contributed by atoms with Crippen LogP contribution in [0.5, 0.6) is 5.75 Å². The van der Waals surface area contributed by atoms with Crippen molar-refractivity contribution in [3.05, 3.63) is 81.0 Å². The van der Waals surface area contributed by atoms with Gasteiger partial charge >= 0.3 is 5.97 Å². The van der Waals surface area contributed by atoms with E-state index in [9.17, 15) is 9.59 Å². The van der Waals surface area contributed by atoms with Gasteiger partial charge in [0, 0.05) is 11.9 Å². The summed E-state index contributed by atoms with van der Waals surface area (Å²) in [5.41, 5.74) is 2.52. The van der Waals surface area contributed by atoms with Crippen LogP contribution in [0.25, 0.3) is 0 Å². The van der Waals surface area contributed by atoms with Crippen molar-refractivity contribution < 1.29 is 19.1 Å². The van der Waals surface area contributed by atoms with Crippen LogP contribution in [-0.2, 0) is 14.3 Å². The van der Waals surface area contributed by atoms with Crippen LogP contribution < -0.4 is 10.1 Å². The number of thioether (sulfide) groups is 1. The number of benzene rings is 2. The predicted molar refractivity (Wildman–Crippen MR) is 135 cm³/mol. The highest BCUT2D eigenvalue weighted by Crippen LogP contribution is 2.41. The molecule has 2 aliphatic heterocycles. The van der Waals surface area contributed by atoms with E-state index in [2.05, 4.69) is 10.3 Å². The molecule has 0 aromatic heterocycles. The van der Waals surface area contributed by atoms with Crippen LogP contribution in [0, 0.1) is 0 Å². The molecule has 0 radical (unpaired) electrons. The highest BCUT2D eigenvalue weighted by Gasteiger charge is 2.37. The molecule has 2 heterocycles. The number of nitrogens with zero attached hydrogens (tertiary/aromatic N) is 2. The van der Waals surface area contributed by atoms with Crippen LogP contribution in [0.4, 0.5) is 5.69 Å². The minimum Gasteiger partial charge on any atom is -0.484 e. The van der Waals surface area contributed by atoms with Crippen molar-refractivity contribution in [2.45, 2.75) is 19.9 Å². The topological polar surface area (TPSA) is 80.2 Å². The molecule has 0 saturated heterocycles. The fourth-order valence-electron chi connectivity index (χ4n) is 3.56. The number of esters is 1. The largest absolute Gasteiger partial charge is 0.484 e. The molecule has 1 amide bonds. The number of rotatable bonds is 7. The van der Waals surface area contributed by atoms with Crippen molar-refractivity contribution in [3.63, 3.8) is 0 Å². The first-order valence-corrected chi connectivity index (χ1v) is 12.1. The Hall–Kier alpha value is -2.94. The second-order valence-corrected chi connectivity index (χ2v) is 9.05. The van der Waals surface area contributed by atoms with Gasteiger partial charge in [-0.3, -0.25) is 4.79 Å². The molecule has 0 spiro atoms. The zero-order valence-electron chi connectivity index (χ0n) is 18.4. The van der Waals surface area contributed by atoms with E-state index in [1.54, 1.807) is 37.3 Å². The lowest BCUT2D eigenvalue weighted by Crippen LogP contribution is -2.34. The van der Waals surface area contributed by atoms with E-state index in [0.717, 1.165) is 10.7 Å². The van der Waals surface area contributed by atoms with Crippen LogP contribution in [0.3, 0.4) is 0 Å². The van der Waals surface area contributed by atoms with Gasteiger partial charge in [-0.05, 0) is 55.2 Å². The molecule has 0 saturated carbocycles. The molecule has 0 fully saturated rings. The number of aliphatic imine (C=N–C) groups is 1. The van der Waals surface area contributed by atoms with Crippen molar-refractivity contribution in [3.8, 4) is 5.75 Å². The average Bonchev–Trinajstić information content (AvgIpc) is 3.28. The lowest BCUT2D eigenvalue weighted by atomic mass is 9.95. The van der Waals surface area contributed by atoms with Crippen molar-refractivity contribution in [1.82, 2.24) is 4.90 Å². The summed E-state index contributed by atoms with van der Waals surface area (Å²) in [4.78, 5) is 31.5. The molecule has 2 aromatic rings. The number of hydrogen-bond donors (Lipinski definition) is 1. The quantitative estimate of drug-likeness (QED) is 0.469. The van der Waals surface area contributed by atoms with Gasteiger partial charge in [-0.2, -0.15) is 0 Å². The zero-order chi connectivity index (χ0) is 24.2. The Morgan fingerprint density at radius 2 is 1.91 bits per heavy atom. The van der Waals surface area contributed by atoms with Gasteiger partial charge in [0.05, 0.1) is 34.0 Å². The predicted octanol–water partition coefficient (Wildman–Crippen LogP) is 5.78. The Bertz CT molecular complexity index is 1210. The van der Waals surface area contributed by atoms with Gasteiger partial charge in [-0.15, -0.1) is 0 Å². The Labute approximate surface area is 211 Å². The molecule has 0 aliphatic carbocycles. The number of nitrogens with one attached hydrogen (secondary N) is 1. The summed E-state index contributed by atoms with van der Waals surface area (Å²) >= 11 is 13.4. The van der Waals surface area contributed by atoms with E-state index in [0.29, 0.717) is 32.8 Å². The van der Waals surface area contributed by atoms with E-state index in [-0.39, 0.29) is 25.2 Å². The summed E-state index contributed by atoms with van der Waals surface area (Å²) in [6, 6.07) is 11.7. The number of allylic oxidation sites excluding steroid dienone is 1. The van der Waals surface area contributed by atoms with E-state index >= 15 is 0 Å². The number of amides is 1. The molecule has 176 valence electrons. The normalized spacial score (nSPS) is 16.8. The lowest BCUT2D eigenvalue weighted by molar-refractivity contribution is -0.139. The molecular formula is C24H21Cl2N3O4S. The average molecular weight is 518 g/mol. The number of anilines is 1. The minimum atomic E-state index is -0.391.